The summed E-state index contributed by atoms with van der Waals surface area (Å²) in [5.74, 6) is -2.54. The number of rotatable bonds is 3. The molecule has 0 aromatic heterocycles. The molecule has 29 heavy (non-hydrogen) atoms. The molecule has 4 atom stereocenters. The van der Waals surface area contributed by atoms with Gasteiger partial charge in [-0.2, -0.15) is 0 Å². The normalized spacial score (nSPS) is 32.8. The Hall–Kier alpha value is -2.40. The number of fused-ring (bicyclic) bond motifs is 1. The number of imide groups is 1. The smallest absolute Gasteiger partial charge is 0.419 e. The maximum atomic E-state index is 13.0. The standard InChI is InChI=1S/C19H23NO9/c1-18(2)27-13-8-26-19(15(21)14(13)28-18)9-20(17(23)29-19)16(22)11-6-5-10(24-3)7-12(11)25-4/h5-7,13-15,21H,8-9H2,1-4H3/t13-,14-,15+,19+/m1/s1. The maximum Gasteiger partial charge on any atom is 0.419 e. The molecule has 10 nitrogen and oxygen atoms in total. The van der Waals surface area contributed by atoms with Crippen molar-refractivity contribution < 1.29 is 43.1 Å². The van der Waals surface area contributed by atoms with Crippen LogP contribution in [0.5, 0.6) is 11.5 Å². The van der Waals surface area contributed by atoms with E-state index in [1.54, 1.807) is 19.9 Å². The van der Waals surface area contributed by atoms with E-state index in [1.165, 1.54) is 26.4 Å². The molecule has 3 fully saturated rings. The van der Waals surface area contributed by atoms with Gasteiger partial charge in [0, 0.05) is 6.07 Å². The summed E-state index contributed by atoms with van der Waals surface area (Å²) in [5.41, 5.74) is 0.145. The molecule has 2 amide bonds. The van der Waals surface area contributed by atoms with Gasteiger partial charge < -0.3 is 33.5 Å². The lowest BCUT2D eigenvalue weighted by Crippen LogP contribution is -2.62. The summed E-state index contributed by atoms with van der Waals surface area (Å²) >= 11 is 0. The fourth-order valence-electron chi connectivity index (χ4n) is 3.84. The van der Waals surface area contributed by atoms with Gasteiger partial charge in [0.15, 0.2) is 11.9 Å². The molecule has 0 unspecified atom stereocenters. The second-order valence-corrected chi connectivity index (χ2v) is 7.53. The molecule has 3 saturated heterocycles. The molecule has 3 heterocycles. The van der Waals surface area contributed by atoms with Crippen molar-refractivity contribution in [2.24, 2.45) is 0 Å². The topological polar surface area (TPSA) is 113 Å². The highest BCUT2D eigenvalue weighted by molar-refractivity contribution is 6.05. The van der Waals surface area contributed by atoms with Gasteiger partial charge in [-0.3, -0.25) is 4.79 Å². The number of carbonyl (C=O) groups is 2. The Bertz CT molecular complexity index is 841. The number of hydrogen-bond acceptors (Lipinski definition) is 9. The average molecular weight is 409 g/mol. The maximum absolute atomic E-state index is 13.0. The minimum atomic E-state index is -1.72. The van der Waals surface area contributed by atoms with Gasteiger partial charge in [0.05, 0.1) is 26.4 Å². The highest BCUT2D eigenvalue weighted by atomic mass is 16.8. The van der Waals surface area contributed by atoms with Crippen LogP contribution in [0.1, 0.15) is 24.2 Å². The zero-order valence-corrected chi connectivity index (χ0v) is 16.5. The predicted octanol–water partition coefficient (Wildman–Crippen LogP) is 0.904. The number of methoxy groups -OCH3 is 2. The van der Waals surface area contributed by atoms with E-state index < -0.39 is 41.9 Å². The monoisotopic (exact) mass is 409 g/mol. The third-order valence-electron chi connectivity index (χ3n) is 5.22. The molecule has 4 rings (SSSR count). The van der Waals surface area contributed by atoms with E-state index in [9.17, 15) is 14.7 Å². The van der Waals surface area contributed by atoms with Gasteiger partial charge >= 0.3 is 6.09 Å². The molecule has 3 aliphatic heterocycles. The second kappa shape index (κ2) is 6.84. The number of carbonyl (C=O) groups excluding carboxylic acids is 2. The molecule has 0 bridgehead atoms. The summed E-state index contributed by atoms with van der Waals surface area (Å²) in [7, 11) is 2.89. The van der Waals surface area contributed by atoms with E-state index in [2.05, 4.69) is 0 Å². The van der Waals surface area contributed by atoms with Crippen molar-refractivity contribution in [2.75, 3.05) is 27.4 Å². The largest absolute Gasteiger partial charge is 0.497 e. The van der Waals surface area contributed by atoms with Crippen LogP contribution < -0.4 is 9.47 Å². The first-order chi connectivity index (χ1) is 13.7. The van der Waals surface area contributed by atoms with Crippen LogP contribution >= 0.6 is 0 Å². The number of aliphatic hydroxyl groups excluding tert-OH is 1. The van der Waals surface area contributed by atoms with Crippen LogP contribution in [0.4, 0.5) is 4.79 Å². The van der Waals surface area contributed by atoms with Crippen molar-refractivity contribution in [1.29, 1.82) is 0 Å². The Morgan fingerprint density at radius 1 is 1.24 bits per heavy atom. The van der Waals surface area contributed by atoms with Gasteiger partial charge in [-0.15, -0.1) is 0 Å². The third-order valence-corrected chi connectivity index (χ3v) is 5.22. The van der Waals surface area contributed by atoms with Crippen LogP contribution in [0.15, 0.2) is 18.2 Å². The number of nitrogens with zero attached hydrogens (tertiary/aromatic N) is 1. The second-order valence-electron chi connectivity index (χ2n) is 7.53. The number of hydrogen-bond donors (Lipinski definition) is 1. The lowest BCUT2D eigenvalue weighted by molar-refractivity contribution is -0.287. The highest BCUT2D eigenvalue weighted by Crippen LogP contribution is 2.42. The number of ether oxygens (including phenoxy) is 6. The molecule has 0 radical (unpaired) electrons. The molecular weight excluding hydrogens is 386 g/mol. The third kappa shape index (κ3) is 3.21. The van der Waals surface area contributed by atoms with Gasteiger partial charge in [0.1, 0.15) is 30.3 Å². The zero-order chi connectivity index (χ0) is 21.0. The first-order valence-corrected chi connectivity index (χ1v) is 9.14. The lowest BCUT2D eigenvalue weighted by Gasteiger charge is -2.40. The van der Waals surface area contributed by atoms with Crippen molar-refractivity contribution >= 4 is 12.0 Å². The van der Waals surface area contributed by atoms with Crippen molar-refractivity contribution in [3.63, 3.8) is 0 Å². The van der Waals surface area contributed by atoms with Gasteiger partial charge in [-0.25, -0.2) is 9.69 Å². The van der Waals surface area contributed by atoms with Gasteiger partial charge in [0.2, 0.25) is 0 Å². The fourth-order valence-corrected chi connectivity index (χ4v) is 3.84. The summed E-state index contributed by atoms with van der Waals surface area (Å²) in [6, 6.07) is 4.60. The molecule has 1 aromatic carbocycles. The zero-order valence-electron chi connectivity index (χ0n) is 16.5. The van der Waals surface area contributed by atoms with Crippen LogP contribution in [0, 0.1) is 0 Å². The summed E-state index contributed by atoms with van der Waals surface area (Å²) in [5, 5.41) is 10.8. The van der Waals surface area contributed by atoms with E-state index >= 15 is 0 Å². The highest BCUT2D eigenvalue weighted by Gasteiger charge is 2.63. The van der Waals surface area contributed by atoms with Crippen LogP contribution in [-0.4, -0.2) is 79.3 Å². The molecule has 158 valence electrons. The average Bonchev–Trinajstić information content (AvgIpc) is 3.20. The first kappa shape index (κ1) is 19.9. The summed E-state index contributed by atoms with van der Waals surface area (Å²) < 4.78 is 32.8. The quantitative estimate of drug-likeness (QED) is 0.778. The van der Waals surface area contributed by atoms with Gasteiger partial charge in [-0.1, -0.05) is 0 Å². The van der Waals surface area contributed by atoms with E-state index in [-0.39, 0.29) is 24.5 Å². The van der Waals surface area contributed by atoms with Crippen LogP contribution in [0.25, 0.3) is 0 Å². The molecule has 3 aliphatic rings. The molecule has 0 saturated carbocycles. The fraction of sp³-hybridized carbons (Fsp3) is 0.579. The number of aliphatic hydroxyl groups is 1. The Morgan fingerprint density at radius 3 is 2.69 bits per heavy atom. The summed E-state index contributed by atoms with van der Waals surface area (Å²) in [6.07, 6.45) is -3.51. The van der Waals surface area contributed by atoms with Crippen LogP contribution in [-0.2, 0) is 18.9 Å². The SMILES string of the molecule is COc1ccc(C(=O)N2C[C@]3(OC[C@H]4OC(C)(C)O[C@H]4[C@@H]3O)OC2=O)c(OC)c1. The van der Waals surface area contributed by atoms with Crippen LogP contribution in [0.3, 0.4) is 0 Å². The Balaban J connectivity index is 1.58. The molecule has 1 N–H and O–H groups in total. The van der Waals surface area contributed by atoms with Crippen molar-refractivity contribution in [1.82, 2.24) is 4.90 Å². The van der Waals surface area contributed by atoms with E-state index in [0.29, 0.717) is 5.75 Å². The minimum absolute atomic E-state index is 0.0479. The molecule has 1 aromatic rings. The molecular formula is C19H23NO9. The molecule has 1 spiro atoms. The van der Waals surface area contributed by atoms with Gasteiger partial charge in [-0.05, 0) is 26.0 Å². The summed E-state index contributed by atoms with van der Waals surface area (Å²) in [6.45, 7) is 3.19. The van der Waals surface area contributed by atoms with Crippen molar-refractivity contribution in [3.8, 4) is 11.5 Å². The molecule has 10 heteroatoms. The van der Waals surface area contributed by atoms with E-state index in [1.807, 2.05) is 0 Å². The lowest BCUT2D eigenvalue weighted by atomic mass is 9.96. The van der Waals surface area contributed by atoms with Gasteiger partial charge in [0.25, 0.3) is 11.7 Å². The first-order valence-electron chi connectivity index (χ1n) is 9.14. The number of amides is 2. The predicted molar refractivity (Wildman–Crippen MR) is 95.6 cm³/mol. The van der Waals surface area contributed by atoms with E-state index in [4.69, 9.17) is 28.4 Å². The Labute approximate surface area is 167 Å². The van der Waals surface area contributed by atoms with Crippen LogP contribution in [0.2, 0.25) is 0 Å². The van der Waals surface area contributed by atoms with Crippen molar-refractivity contribution in [2.45, 2.75) is 43.7 Å². The summed E-state index contributed by atoms with van der Waals surface area (Å²) in [4.78, 5) is 26.4. The van der Waals surface area contributed by atoms with Crippen molar-refractivity contribution in [3.05, 3.63) is 23.8 Å². The van der Waals surface area contributed by atoms with E-state index in [0.717, 1.165) is 4.90 Å². The molecule has 0 aliphatic carbocycles. The minimum Gasteiger partial charge on any atom is -0.497 e. The number of benzene rings is 1. The Morgan fingerprint density at radius 2 is 2.00 bits per heavy atom. The Kier molecular flexibility index (Phi) is 4.69.